The molecule has 0 unspecified atom stereocenters. The fourth-order valence-electron chi connectivity index (χ4n) is 3.18. The predicted molar refractivity (Wildman–Crippen MR) is 114 cm³/mol. The van der Waals surface area contributed by atoms with E-state index in [0.717, 1.165) is 41.1 Å². The van der Waals surface area contributed by atoms with Crippen LogP contribution in [0.3, 0.4) is 0 Å². The van der Waals surface area contributed by atoms with Crippen LogP contribution < -0.4 is 26.6 Å². The van der Waals surface area contributed by atoms with Crippen molar-refractivity contribution in [2.75, 3.05) is 5.32 Å². The first-order valence-electron chi connectivity index (χ1n) is 9.87. The maximum absolute atomic E-state index is 12.9. The Bertz CT molecular complexity index is 1030. The first-order valence-corrected chi connectivity index (χ1v) is 9.87. The molecular formula is C22H29N5O. The van der Waals surface area contributed by atoms with Gasteiger partial charge in [0.1, 0.15) is 5.82 Å². The third kappa shape index (κ3) is 4.50. The lowest BCUT2D eigenvalue weighted by Crippen LogP contribution is -2.48. The van der Waals surface area contributed by atoms with Gasteiger partial charge in [-0.25, -0.2) is 4.98 Å². The van der Waals surface area contributed by atoms with Crippen molar-refractivity contribution in [3.05, 3.63) is 62.9 Å². The standard InChI is InChI=1S/C22H29N5O/c1-5-15(2)19(26-20-14-23-10-11-24-20)13-17-9-12-27(4)22(28)21(17)16(3)25-18-7-6-8-18/h9-14,18,25H,5-8H2,1-4H3,(H,24,26)/b17-13-,19-15-,21-16-. The number of hydrogen-bond donors (Lipinski definition) is 2. The molecule has 148 valence electrons. The lowest BCUT2D eigenvalue weighted by molar-refractivity contribution is 0.376. The quantitative estimate of drug-likeness (QED) is 0.804. The Morgan fingerprint density at radius 2 is 2.11 bits per heavy atom. The van der Waals surface area contributed by atoms with E-state index in [1.165, 1.54) is 12.0 Å². The van der Waals surface area contributed by atoms with Crippen LogP contribution in [0.4, 0.5) is 5.82 Å². The Labute approximate surface area is 165 Å². The van der Waals surface area contributed by atoms with Crippen LogP contribution in [0, 0.1) is 0 Å². The number of aromatic nitrogens is 3. The van der Waals surface area contributed by atoms with Crippen molar-refractivity contribution >= 4 is 17.6 Å². The van der Waals surface area contributed by atoms with Crippen LogP contribution in [0.1, 0.15) is 46.5 Å². The summed E-state index contributed by atoms with van der Waals surface area (Å²) >= 11 is 0. The minimum Gasteiger partial charge on any atom is -0.385 e. The number of allylic oxidation sites excluding steroid dienone is 2. The second kappa shape index (κ2) is 8.87. The lowest BCUT2D eigenvalue weighted by Gasteiger charge is -2.27. The number of nitrogens with one attached hydrogen (secondary N) is 2. The summed E-state index contributed by atoms with van der Waals surface area (Å²) in [4.78, 5) is 21.4. The average molecular weight is 380 g/mol. The SMILES string of the molecule is CC/C(C)=C(/C=c1/ccn(C)c(=O)/c1=C(/C)NC1CCC1)Nc1cnccn1. The van der Waals surface area contributed by atoms with Crippen molar-refractivity contribution in [3.8, 4) is 0 Å². The van der Waals surface area contributed by atoms with Gasteiger partial charge in [0, 0.05) is 43.1 Å². The summed E-state index contributed by atoms with van der Waals surface area (Å²) < 4.78 is 1.63. The average Bonchev–Trinajstić information content (AvgIpc) is 2.67. The summed E-state index contributed by atoms with van der Waals surface area (Å²) in [5.41, 5.74) is 3.06. The van der Waals surface area contributed by atoms with Gasteiger partial charge in [0.15, 0.2) is 0 Å². The van der Waals surface area contributed by atoms with Crippen molar-refractivity contribution in [1.82, 2.24) is 19.9 Å². The van der Waals surface area contributed by atoms with Gasteiger partial charge in [-0.15, -0.1) is 0 Å². The molecule has 0 bridgehead atoms. The molecule has 2 aromatic rings. The van der Waals surface area contributed by atoms with Gasteiger partial charge in [-0.3, -0.25) is 9.78 Å². The largest absolute Gasteiger partial charge is 0.385 e. The topological polar surface area (TPSA) is 71.8 Å². The molecule has 0 radical (unpaired) electrons. The molecule has 2 heterocycles. The monoisotopic (exact) mass is 379 g/mol. The Balaban J connectivity index is 2.14. The maximum atomic E-state index is 12.9. The van der Waals surface area contributed by atoms with E-state index in [4.69, 9.17) is 0 Å². The van der Waals surface area contributed by atoms with Gasteiger partial charge in [-0.2, -0.15) is 0 Å². The zero-order chi connectivity index (χ0) is 20.1. The van der Waals surface area contributed by atoms with Gasteiger partial charge in [0.25, 0.3) is 5.56 Å². The molecule has 1 fully saturated rings. The van der Waals surface area contributed by atoms with E-state index >= 15 is 0 Å². The van der Waals surface area contributed by atoms with E-state index in [9.17, 15) is 4.79 Å². The minimum absolute atomic E-state index is 0.00563. The molecule has 0 amide bonds. The Morgan fingerprint density at radius 3 is 2.71 bits per heavy atom. The van der Waals surface area contributed by atoms with E-state index in [-0.39, 0.29) is 5.56 Å². The molecule has 1 aliphatic rings. The third-order valence-electron chi connectivity index (χ3n) is 5.32. The smallest absolute Gasteiger partial charge is 0.259 e. The second-order valence-corrected chi connectivity index (χ2v) is 7.37. The van der Waals surface area contributed by atoms with Gasteiger partial charge in [0.05, 0.1) is 11.4 Å². The highest BCUT2D eigenvalue weighted by Crippen LogP contribution is 2.19. The fourth-order valence-corrected chi connectivity index (χ4v) is 3.18. The van der Waals surface area contributed by atoms with Gasteiger partial charge in [-0.05, 0) is 56.9 Å². The number of hydrogen-bond acceptors (Lipinski definition) is 5. The maximum Gasteiger partial charge on any atom is 0.259 e. The molecular weight excluding hydrogens is 350 g/mol. The summed E-state index contributed by atoms with van der Waals surface area (Å²) in [5.74, 6) is 0.681. The molecule has 6 heteroatoms. The van der Waals surface area contributed by atoms with Crippen LogP contribution in [0.2, 0.25) is 0 Å². The molecule has 0 spiro atoms. The van der Waals surface area contributed by atoms with Gasteiger partial charge in [-0.1, -0.05) is 12.5 Å². The summed E-state index contributed by atoms with van der Waals surface area (Å²) in [5, 5.41) is 8.50. The molecule has 6 nitrogen and oxygen atoms in total. The Hall–Kier alpha value is -2.89. The van der Waals surface area contributed by atoms with E-state index < -0.39 is 0 Å². The first-order chi connectivity index (χ1) is 13.5. The molecule has 1 aliphatic carbocycles. The predicted octanol–water partition coefficient (Wildman–Crippen LogP) is 2.02. The number of nitrogens with zero attached hydrogens (tertiary/aromatic N) is 3. The molecule has 0 aromatic carbocycles. The van der Waals surface area contributed by atoms with Crippen molar-refractivity contribution in [3.63, 3.8) is 0 Å². The lowest BCUT2D eigenvalue weighted by atomic mass is 9.93. The van der Waals surface area contributed by atoms with Crippen molar-refractivity contribution in [2.45, 2.75) is 52.5 Å². The molecule has 28 heavy (non-hydrogen) atoms. The Morgan fingerprint density at radius 1 is 1.32 bits per heavy atom. The van der Waals surface area contributed by atoms with Gasteiger partial charge < -0.3 is 15.2 Å². The zero-order valence-corrected chi connectivity index (χ0v) is 17.1. The zero-order valence-electron chi connectivity index (χ0n) is 17.1. The highest BCUT2D eigenvalue weighted by Gasteiger charge is 2.17. The van der Waals surface area contributed by atoms with E-state index in [0.29, 0.717) is 11.9 Å². The number of aryl methyl sites for hydroxylation is 1. The van der Waals surface area contributed by atoms with Crippen molar-refractivity contribution in [2.24, 2.45) is 7.05 Å². The number of anilines is 1. The fraction of sp³-hybridized carbons (Fsp3) is 0.409. The minimum atomic E-state index is 0.00563. The summed E-state index contributed by atoms with van der Waals surface area (Å²) in [6.07, 6.45) is 13.3. The van der Waals surface area contributed by atoms with Crippen molar-refractivity contribution < 1.29 is 0 Å². The highest BCUT2D eigenvalue weighted by molar-refractivity contribution is 5.59. The Kier molecular flexibility index (Phi) is 6.29. The number of pyridine rings is 1. The first kappa shape index (κ1) is 19.9. The van der Waals surface area contributed by atoms with Crippen LogP contribution in [-0.2, 0) is 7.05 Å². The molecule has 0 saturated heterocycles. The van der Waals surface area contributed by atoms with E-state index in [1.54, 1.807) is 30.2 Å². The summed E-state index contributed by atoms with van der Waals surface area (Å²) in [6, 6.07) is 2.46. The summed E-state index contributed by atoms with van der Waals surface area (Å²) in [7, 11) is 1.79. The third-order valence-corrected chi connectivity index (χ3v) is 5.32. The van der Waals surface area contributed by atoms with Crippen LogP contribution in [-0.4, -0.2) is 20.6 Å². The number of rotatable bonds is 6. The van der Waals surface area contributed by atoms with Crippen LogP contribution in [0.5, 0.6) is 0 Å². The molecule has 0 aliphatic heterocycles. The van der Waals surface area contributed by atoms with Crippen LogP contribution >= 0.6 is 0 Å². The van der Waals surface area contributed by atoms with E-state index in [2.05, 4.69) is 34.4 Å². The molecule has 1 saturated carbocycles. The normalized spacial score (nSPS) is 16.9. The molecule has 2 N–H and O–H groups in total. The van der Waals surface area contributed by atoms with Crippen LogP contribution in [0.25, 0.3) is 11.8 Å². The molecule has 3 rings (SSSR count). The molecule has 0 atom stereocenters. The van der Waals surface area contributed by atoms with Crippen molar-refractivity contribution in [1.29, 1.82) is 0 Å². The van der Waals surface area contributed by atoms with E-state index in [1.807, 2.05) is 25.3 Å². The summed E-state index contributed by atoms with van der Waals surface area (Å²) in [6.45, 7) is 6.19. The molecule has 2 aromatic heterocycles. The van der Waals surface area contributed by atoms with Crippen LogP contribution in [0.15, 0.2) is 46.9 Å². The highest BCUT2D eigenvalue weighted by atomic mass is 16.1. The second-order valence-electron chi connectivity index (χ2n) is 7.37. The van der Waals surface area contributed by atoms with Gasteiger partial charge >= 0.3 is 0 Å². The van der Waals surface area contributed by atoms with Gasteiger partial charge in [0.2, 0.25) is 0 Å².